The van der Waals surface area contributed by atoms with Crippen molar-refractivity contribution in [2.75, 3.05) is 0 Å². The van der Waals surface area contributed by atoms with Crippen LogP contribution in [0.1, 0.15) is 32.7 Å². The third kappa shape index (κ3) is 1.57. The van der Waals surface area contributed by atoms with Crippen LogP contribution in [0.2, 0.25) is 0 Å². The summed E-state index contributed by atoms with van der Waals surface area (Å²) in [5.74, 6) is 1.01. The van der Waals surface area contributed by atoms with Gasteiger partial charge in [-0.3, -0.25) is 0 Å². The lowest BCUT2D eigenvalue weighted by Gasteiger charge is -2.22. The van der Waals surface area contributed by atoms with E-state index in [1.54, 1.807) is 12.5 Å². The van der Waals surface area contributed by atoms with Gasteiger partial charge in [0.25, 0.3) is 0 Å². The standard InChI is InChI=1S/C11H18N2O/c1-8(2)9-3-4-10(11(9)14)13-6-5-12-7-13/h5-11,14H,3-4H2,1-2H3/t9-,10?,11+/m0/s1. The van der Waals surface area contributed by atoms with Crippen molar-refractivity contribution in [2.24, 2.45) is 11.8 Å². The van der Waals surface area contributed by atoms with Gasteiger partial charge >= 0.3 is 0 Å². The van der Waals surface area contributed by atoms with Crippen LogP contribution in [-0.2, 0) is 0 Å². The highest BCUT2D eigenvalue weighted by Crippen LogP contribution is 2.38. The average Bonchev–Trinajstić information content (AvgIpc) is 2.71. The Morgan fingerprint density at radius 3 is 2.71 bits per heavy atom. The van der Waals surface area contributed by atoms with Crippen LogP contribution in [0.4, 0.5) is 0 Å². The topological polar surface area (TPSA) is 38.0 Å². The molecule has 1 aromatic heterocycles. The van der Waals surface area contributed by atoms with E-state index >= 15 is 0 Å². The van der Waals surface area contributed by atoms with Gasteiger partial charge < -0.3 is 9.67 Å². The van der Waals surface area contributed by atoms with Gasteiger partial charge in [0.15, 0.2) is 0 Å². The highest BCUT2D eigenvalue weighted by atomic mass is 16.3. The number of aliphatic hydroxyl groups is 1. The second-order valence-electron chi connectivity index (χ2n) is 4.55. The molecule has 1 unspecified atom stereocenters. The van der Waals surface area contributed by atoms with Gasteiger partial charge in [0.05, 0.1) is 18.5 Å². The van der Waals surface area contributed by atoms with E-state index in [9.17, 15) is 5.11 Å². The zero-order chi connectivity index (χ0) is 10.1. The van der Waals surface area contributed by atoms with Crippen molar-refractivity contribution < 1.29 is 5.11 Å². The van der Waals surface area contributed by atoms with Crippen molar-refractivity contribution in [1.82, 2.24) is 9.55 Å². The Morgan fingerprint density at radius 2 is 2.21 bits per heavy atom. The zero-order valence-electron chi connectivity index (χ0n) is 8.80. The first-order chi connectivity index (χ1) is 6.70. The minimum Gasteiger partial charge on any atom is -0.391 e. The monoisotopic (exact) mass is 194 g/mol. The molecular weight excluding hydrogens is 176 g/mol. The molecule has 0 aliphatic heterocycles. The molecule has 1 N–H and O–H groups in total. The molecule has 1 aromatic rings. The molecule has 3 atom stereocenters. The van der Waals surface area contributed by atoms with Crippen molar-refractivity contribution in [3.05, 3.63) is 18.7 Å². The van der Waals surface area contributed by atoms with Gasteiger partial charge in [-0.1, -0.05) is 13.8 Å². The molecule has 3 nitrogen and oxygen atoms in total. The fourth-order valence-electron chi connectivity index (χ4n) is 2.51. The van der Waals surface area contributed by atoms with Crippen LogP contribution in [0.15, 0.2) is 18.7 Å². The molecule has 0 bridgehead atoms. The first kappa shape index (κ1) is 9.71. The molecule has 1 aliphatic carbocycles. The lowest BCUT2D eigenvalue weighted by molar-refractivity contribution is 0.0750. The van der Waals surface area contributed by atoms with Crippen LogP contribution >= 0.6 is 0 Å². The average molecular weight is 194 g/mol. The van der Waals surface area contributed by atoms with E-state index in [4.69, 9.17) is 0 Å². The largest absolute Gasteiger partial charge is 0.391 e. The van der Waals surface area contributed by atoms with Gasteiger partial charge in [-0.25, -0.2) is 4.98 Å². The summed E-state index contributed by atoms with van der Waals surface area (Å²) in [4.78, 5) is 4.02. The number of aromatic nitrogens is 2. The van der Waals surface area contributed by atoms with Crippen LogP contribution in [0.5, 0.6) is 0 Å². The second-order valence-corrected chi connectivity index (χ2v) is 4.55. The molecular formula is C11H18N2O. The summed E-state index contributed by atoms with van der Waals surface area (Å²) < 4.78 is 2.03. The number of rotatable bonds is 2. The van der Waals surface area contributed by atoms with Crippen LogP contribution in [0.25, 0.3) is 0 Å². The van der Waals surface area contributed by atoms with E-state index in [1.165, 1.54) is 0 Å². The minimum atomic E-state index is -0.204. The van der Waals surface area contributed by atoms with Crippen LogP contribution in [-0.4, -0.2) is 20.8 Å². The van der Waals surface area contributed by atoms with Crippen LogP contribution in [0.3, 0.4) is 0 Å². The summed E-state index contributed by atoms with van der Waals surface area (Å²) >= 11 is 0. The highest BCUT2D eigenvalue weighted by molar-refractivity contribution is 4.93. The summed E-state index contributed by atoms with van der Waals surface area (Å²) in [6, 6.07) is 0.241. The fourth-order valence-corrected chi connectivity index (χ4v) is 2.51. The smallest absolute Gasteiger partial charge is 0.0949 e. The van der Waals surface area contributed by atoms with Crippen molar-refractivity contribution in [3.8, 4) is 0 Å². The van der Waals surface area contributed by atoms with E-state index in [2.05, 4.69) is 18.8 Å². The number of imidazole rings is 1. The fraction of sp³-hybridized carbons (Fsp3) is 0.727. The van der Waals surface area contributed by atoms with E-state index in [0.717, 1.165) is 12.8 Å². The van der Waals surface area contributed by atoms with E-state index in [1.807, 2.05) is 10.8 Å². The van der Waals surface area contributed by atoms with Crippen LogP contribution < -0.4 is 0 Å². The van der Waals surface area contributed by atoms with Crippen molar-refractivity contribution in [2.45, 2.75) is 38.8 Å². The minimum absolute atomic E-state index is 0.204. The maximum absolute atomic E-state index is 10.1. The van der Waals surface area contributed by atoms with Crippen LogP contribution in [0, 0.1) is 11.8 Å². The maximum Gasteiger partial charge on any atom is 0.0949 e. The Hall–Kier alpha value is -0.830. The van der Waals surface area contributed by atoms with Gasteiger partial charge in [0.1, 0.15) is 0 Å². The zero-order valence-corrected chi connectivity index (χ0v) is 8.80. The third-order valence-electron chi connectivity index (χ3n) is 3.39. The predicted molar refractivity (Wildman–Crippen MR) is 54.8 cm³/mol. The first-order valence-corrected chi connectivity index (χ1v) is 5.35. The van der Waals surface area contributed by atoms with E-state index in [0.29, 0.717) is 11.8 Å². The van der Waals surface area contributed by atoms with Gasteiger partial charge in [-0.2, -0.15) is 0 Å². The molecule has 0 radical (unpaired) electrons. The molecule has 14 heavy (non-hydrogen) atoms. The first-order valence-electron chi connectivity index (χ1n) is 5.35. The second kappa shape index (κ2) is 3.73. The normalized spacial score (nSPS) is 32.7. The molecule has 1 aliphatic rings. The summed E-state index contributed by atoms with van der Waals surface area (Å²) in [5.41, 5.74) is 0. The molecule has 0 saturated heterocycles. The molecule has 0 aromatic carbocycles. The predicted octanol–water partition coefficient (Wildman–Crippen LogP) is 1.85. The summed E-state index contributed by atoms with van der Waals surface area (Å²) in [7, 11) is 0. The number of hydrogen-bond acceptors (Lipinski definition) is 2. The number of aliphatic hydroxyl groups excluding tert-OH is 1. The number of hydrogen-bond donors (Lipinski definition) is 1. The molecule has 1 saturated carbocycles. The SMILES string of the molecule is CC(C)[C@@H]1CCC(n2ccnc2)[C@@H]1O. The Bertz CT molecular complexity index is 281. The molecule has 1 fully saturated rings. The van der Waals surface area contributed by atoms with Crippen molar-refractivity contribution in [3.63, 3.8) is 0 Å². The van der Waals surface area contributed by atoms with E-state index < -0.39 is 0 Å². The third-order valence-corrected chi connectivity index (χ3v) is 3.39. The maximum atomic E-state index is 10.1. The van der Waals surface area contributed by atoms with E-state index in [-0.39, 0.29) is 12.1 Å². The Morgan fingerprint density at radius 1 is 1.43 bits per heavy atom. The highest BCUT2D eigenvalue weighted by Gasteiger charge is 2.36. The van der Waals surface area contributed by atoms with Gasteiger partial charge in [0.2, 0.25) is 0 Å². The van der Waals surface area contributed by atoms with Gasteiger partial charge in [-0.05, 0) is 24.7 Å². The lowest BCUT2D eigenvalue weighted by Crippen LogP contribution is -2.26. The lowest BCUT2D eigenvalue weighted by atomic mass is 9.92. The molecule has 2 rings (SSSR count). The van der Waals surface area contributed by atoms with Gasteiger partial charge in [-0.15, -0.1) is 0 Å². The Labute approximate surface area is 84.8 Å². The number of nitrogens with zero attached hydrogens (tertiary/aromatic N) is 2. The molecule has 78 valence electrons. The summed E-state index contributed by atoms with van der Waals surface area (Å²) in [6.07, 6.45) is 7.51. The van der Waals surface area contributed by atoms with Crippen molar-refractivity contribution in [1.29, 1.82) is 0 Å². The Balaban J connectivity index is 2.11. The molecule has 3 heteroatoms. The molecule has 0 amide bonds. The molecule has 0 spiro atoms. The summed E-state index contributed by atoms with van der Waals surface area (Å²) in [5, 5.41) is 10.1. The van der Waals surface area contributed by atoms with Crippen molar-refractivity contribution >= 4 is 0 Å². The molecule has 1 heterocycles. The quantitative estimate of drug-likeness (QED) is 0.780. The van der Waals surface area contributed by atoms with Gasteiger partial charge in [0, 0.05) is 12.4 Å². The Kier molecular flexibility index (Phi) is 2.59. The summed E-state index contributed by atoms with van der Waals surface area (Å²) in [6.45, 7) is 4.37.